The second kappa shape index (κ2) is 9.52. The van der Waals surface area contributed by atoms with Gasteiger partial charge in [0.15, 0.2) is 0 Å². The lowest BCUT2D eigenvalue weighted by atomic mass is 9.95. The van der Waals surface area contributed by atoms with Gasteiger partial charge in [0.2, 0.25) is 15.9 Å². The average Bonchev–Trinajstić information content (AvgIpc) is 2.83. The summed E-state index contributed by atoms with van der Waals surface area (Å²) in [5.74, 6) is -0.390. The first-order valence-electron chi connectivity index (χ1n) is 11.2. The zero-order valence-electron chi connectivity index (χ0n) is 19.1. The first kappa shape index (κ1) is 23.8. The van der Waals surface area contributed by atoms with E-state index < -0.39 is 14.9 Å². The molecular formula is C25H27N3O5S. The minimum atomic E-state index is -3.89. The molecule has 8 nitrogen and oxygen atoms in total. The lowest BCUT2D eigenvalue weighted by Gasteiger charge is -2.31. The minimum Gasteiger partial charge on any atom is -0.349 e. The maximum absolute atomic E-state index is 13.1. The van der Waals surface area contributed by atoms with Crippen molar-refractivity contribution in [3.05, 3.63) is 81.9 Å². The van der Waals surface area contributed by atoms with Crippen LogP contribution in [0, 0.1) is 23.0 Å². The highest BCUT2D eigenvalue weighted by molar-refractivity contribution is 7.89. The van der Waals surface area contributed by atoms with E-state index in [2.05, 4.69) is 5.32 Å². The van der Waals surface area contributed by atoms with Gasteiger partial charge in [-0.25, -0.2) is 8.42 Å². The molecule has 0 bridgehead atoms. The van der Waals surface area contributed by atoms with Gasteiger partial charge in [0, 0.05) is 31.1 Å². The van der Waals surface area contributed by atoms with Gasteiger partial charge in [-0.15, -0.1) is 0 Å². The van der Waals surface area contributed by atoms with Gasteiger partial charge >= 0.3 is 0 Å². The number of carbonyl (C=O) groups is 1. The van der Waals surface area contributed by atoms with Crippen molar-refractivity contribution < 1.29 is 18.1 Å². The van der Waals surface area contributed by atoms with Crippen molar-refractivity contribution in [1.29, 1.82) is 0 Å². The number of hydrogen-bond donors (Lipinski definition) is 1. The Kier molecular flexibility index (Phi) is 6.67. The molecule has 1 amide bonds. The van der Waals surface area contributed by atoms with Crippen LogP contribution >= 0.6 is 0 Å². The van der Waals surface area contributed by atoms with Gasteiger partial charge in [-0.05, 0) is 48.6 Å². The summed E-state index contributed by atoms with van der Waals surface area (Å²) in [5, 5.41) is 16.4. The summed E-state index contributed by atoms with van der Waals surface area (Å²) in [6, 6.07) is 17.7. The highest BCUT2D eigenvalue weighted by Crippen LogP contribution is 2.29. The molecule has 4 rings (SSSR count). The number of sulfonamides is 1. The van der Waals surface area contributed by atoms with E-state index in [1.165, 1.54) is 16.4 Å². The molecule has 3 aromatic carbocycles. The third kappa shape index (κ3) is 4.67. The van der Waals surface area contributed by atoms with Crippen LogP contribution in [0.2, 0.25) is 0 Å². The van der Waals surface area contributed by atoms with Crippen molar-refractivity contribution in [1.82, 2.24) is 9.62 Å². The molecule has 1 heterocycles. The minimum absolute atomic E-state index is 0.0609. The molecule has 9 heteroatoms. The van der Waals surface area contributed by atoms with Gasteiger partial charge in [-0.2, -0.15) is 4.31 Å². The normalized spacial score (nSPS) is 16.3. The molecule has 178 valence electrons. The van der Waals surface area contributed by atoms with Crippen molar-refractivity contribution in [2.75, 3.05) is 13.1 Å². The second-order valence-electron chi connectivity index (χ2n) is 8.68. The van der Waals surface area contributed by atoms with Gasteiger partial charge in [0.05, 0.1) is 15.9 Å². The van der Waals surface area contributed by atoms with E-state index in [9.17, 15) is 23.3 Å². The molecule has 0 spiro atoms. The first-order valence-corrected chi connectivity index (χ1v) is 12.7. The maximum Gasteiger partial charge on any atom is 0.270 e. The summed E-state index contributed by atoms with van der Waals surface area (Å²) in [7, 11) is -3.89. The van der Waals surface area contributed by atoms with Crippen molar-refractivity contribution in [3.8, 4) is 0 Å². The Hall–Kier alpha value is -3.30. The van der Waals surface area contributed by atoms with E-state index in [0.717, 1.165) is 22.4 Å². The van der Waals surface area contributed by atoms with Crippen LogP contribution < -0.4 is 5.32 Å². The summed E-state index contributed by atoms with van der Waals surface area (Å²) >= 11 is 0. The number of aryl methyl sites for hydroxylation is 1. The van der Waals surface area contributed by atoms with E-state index in [-0.39, 0.29) is 41.5 Å². The number of carbonyl (C=O) groups excluding carboxylic acids is 1. The molecule has 1 saturated heterocycles. The highest BCUT2D eigenvalue weighted by Gasteiger charge is 2.34. The Bertz CT molecular complexity index is 1340. The van der Waals surface area contributed by atoms with Crippen LogP contribution in [0.1, 0.15) is 36.9 Å². The van der Waals surface area contributed by atoms with Crippen molar-refractivity contribution in [2.45, 2.75) is 37.6 Å². The summed E-state index contributed by atoms with van der Waals surface area (Å²) in [5.41, 5.74) is 1.22. The number of piperidine rings is 1. The monoisotopic (exact) mass is 481 g/mol. The fourth-order valence-electron chi connectivity index (χ4n) is 4.51. The van der Waals surface area contributed by atoms with Crippen LogP contribution in [0.4, 0.5) is 5.69 Å². The van der Waals surface area contributed by atoms with Crippen LogP contribution in [0.3, 0.4) is 0 Å². The number of non-ortho nitro benzene ring substituents is 1. The Morgan fingerprint density at radius 1 is 1.09 bits per heavy atom. The molecule has 0 saturated carbocycles. The highest BCUT2D eigenvalue weighted by atomic mass is 32.2. The predicted molar refractivity (Wildman–Crippen MR) is 130 cm³/mol. The van der Waals surface area contributed by atoms with Crippen LogP contribution in [0.5, 0.6) is 0 Å². The number of fused-ring (bicyclic) bond motifs is 1. The Labute approximate surface area is 198 Å². The molecule has 0 aliphatic carbocycles. The number of nitrogens with one attached hydrogen (secondary N) is 1. The fourth-order valence-corrected chi connectivity index (χ4v) is 6.23. The molecule has 1 unspecified atom stereocenters. The molecule has 1 N–H and O–H groups in total. The maximum atomic E-state index is 13.1. The van der Waals surface area contributed by atoms with E-state index in [0.29, 0.717) is 18.4 Å². The predicted octanol–water partition coefficient (Wildman–Crippen LogP) is 4.33. The van der Waals surface area contributed by atoms with Crippen molar-refractivity contribution in [2.24, 2.45) is 5.92 Å². The van der Waals surface area contributed by atoms with Crippen LogP contribution in [0.15, 0.2) is 65.6 Å². The van der Waals surface area contributed by atoms with E-state index in [4.69, 9.17) is 0 Å². The first-order chi connectivity index (χ1) is 16.2. The Morgan fingerprint density at radius 2 is 1.76 bits per heavy atom. The van der Waals surface area contributed by atoms with E-state index in [1.807, 2.05) is 49.4 Å². The molecule has 34 heavy (non-hydrogen) atoms. The van der Waals surface area contributed by atoms with Crippen LogP contribution in [-0.2, 0) is 14.8 Å². The third-order valence-corrected chi connectivity index (χ3v) is 8.51. The van der Waals surface area contributed by atoms with Crippen molar-refractivity contribution >= 4 is 32.4 Å². The van der Waals surface area contributed by atoms with Gasteiger partial charge in [0.1, 0.15) is 0 Å². The number of rotatable bonds is 6. The molecule has 1 aliphatic heterocycles. The number of hydrogen-bond acceptors (Lipinski definition) is 5. The number of nitrogens with zero attached hydrogens (tertiary/aromatic N) is 2. The molecule has 1 fully saturated rings. The standard InChI is InChI=1S/C25H27N3O5S/c1-17-10-11-21(28(30)31)16-24(17)34(32,33)27-14-12-20(13-15-27)25(29)26-18(2)22-9-5-7-19-6-3-4-8-23(19)22/h3-11,16,18,20H,12-15H2,1-2H3,(H,26,29). The molecule has 0 aromatic heterocycles. The lowest BCUT2D eigenvalue weighted by Crippen LogP contribution is -2.43. The number of benzene rings is 3. The van der Waals surface area contributed by atoms with E-state index >= 15 is 0 Å². The van der Waals surface area contributed by atoms with Gasteiger partial charge in [0.25, 0.3) is 5.69 Å². The topological polar surface area (TPSA) is 110 Å². The molecule has 1 aliphatic rings. The summed E-state index contributed by atoms with van der Waals surface area (Å²) in [6.45, 7) is 3.94. The third-order valence-electron chi connectivity index (χ3n) is 6.47. The lowest BCUT2D eigenvalue weighted by molar-refractivity contribution is -0.385. The Morgan fingerprint density at radius 3 is 2.47 bits per heavy atom. The molecular weight excluding hydrogens is 454 g/mol. The number of nitro groups is 1. The second-order valence-corrected chi connectivity index (χ2v) is 10.6. The molecule has 1 atom stereocenters. The van der Waals surface area contributed by atoms with Crippen LogP contribution in [0.25, 0.3) is 10.8 Å². The van der Waals surface area contributed by atoms with Crippen molar-refractivity contribution in [3.63, 3.8) is 0 Å². The largest absolute Gasteiger partial charge is 0.349 e. The Balaban J connectivity index is 1.43. The SMILES string of the molecule is Cc1ccc([N+](=O)[O-])cc1S(=O)(=O)N1CCC(C(=O)NC(C)c2cccc3ccccc23)CC1. The van der Waals surface area contributed by atoms with E-state index in [1.54, 1.807) is 6.92 Å². The average molecular weight is 482 g/mol. The summed E-state index contributed by atoms with van der Waals surface area (Å²) < 4.78 is 27.6. The number of amides is 1. The molecule has 3 aromatic rings. The summed E-state index contributed by atoms with van der Waals surface area (Å²) in [4.78, 5) is 23.4. The van der Waals surface area contributed by atoms with Crippen LogP contribution in [-0.4, -0.2) is 36.6 Å². The van der Waals surface area contributed by atoms with Gasteiger partial charge < -0.3 is 5.32 Å². The fraction of sp³-hybridized carbons (Fsp3) is 0.320. The zero-order chi connectivity index (χ0) is 24.5. The zero-order valence-corrected chi connectivity index (χ0v) is 19.9. The van der Waals surface area contributed by atoms with Gasteiger partial charge in [-0.1, -0.05) is 48.5 Å². The quantitative estimate of drug-likeness (QED) is 0.416. The summed E-state index contributed by atoms with van der Waals surface area (Å²) in [6.07, 6.45) is 0.780. The number of nitro benzene ring substituents is 1. The smallest absolute Gasteiger partial charge is 0.270 e. The van der Waals surface area contributed by atoms with Gasteiger partial charge in [-0.3, -0.25) is 14.9 Å². The molecule has 0 radical (unpaired) electrons.